The van der Waals surface area contributed by atoms with Gasteiger partial charge in [0.15, 0.2) is 0 Å². The Morgan fingerprint density at radius 1 is 0.692 bits per heavy atom. The average molecular weight is 382 g/mol. The van der Waals surface area contributed by atoms with E-state index in [4.69, 9.17) is 30.6 Å². The maximum absolute atomic E-state index is 11.9. The molecule has 0 aromatic carbocycles. The van der Waals surface area contributed by atoms with E-state index < -0.39 is 73.3 Å². The Morgan fingerprint density at radius 2 is 0.923 bits per heavy atom. The molecule has 0 spiro atoms. The molecule has 0 unspecified atom stereocenters. The van der Waals surface area contributed by atoms with Gasteiger partial charge in [0.2, 0.25) is 12.2 Å². The van der Waals surface area contributed by atoms with Crippen molar-refractivity contribution in [2.75, 3.05) is 26.4 Å². The van der Waals surface area contributed by atoms with Crippen LogP contribution in [0.15, 0.2) is 0 Å². The standard InChI is InChI=1S/C14H22O12/c1-13(3-15,4-16)11(23)25-7(9(19)20)8(10(21)22)26-12(24)14(2,5-17)6-18/h7-8,15-18H,3-6H2,1-2H3,(H,19,20)(H,21,22)/t7-,8-/m0/s1. The van der Waals surface area contributed by atoms with Crippen LogP contribution in [0.3, 0.4) is 0 Å². The SMILES string of the molecule is CC(CO)(CO)C(=O)O[C@H](C(=O)O)[C@H](OC(=O)C(C)(CO)CO)C(=O)O. The van der Waals surface area contributed by atoms with E-state index in [1.807, 2.05) is 0 Å². The number of ether oxygens (including phenoxy) is 2. The van der Waals surface area contributed by atoms with E-state index in [2.05, 4.69) is 9.47 Å². The summed E-state index contributed by atoms with van der Waals surface area (Å²) in [5, 5.41) is 54.7. The first-order valence-electron chi connectivity index (χ1n) is 7.23. The van der Waals surface area contributed by atoms with Crippen LogP contribution in [0.25, 0.3) is 0 Å². The van der Waals surface area contributed by atoms with Crippen LogP contribution in [-0.2, 0) is 28.7 Å². The second-order valence-electron chi connectivity index (χ2n) is 6.08. The van der Waals surface area contributed by atoms with Gasteiger partial charge in [0.1, 0.15) is 10.8 Å². The minimum absolute atomic E-state index is 0.931. The molecule has 0 aliphatic carbocycles. The van der Waals surface area contributed by atoms with Gasteiger partial charge >= 0.3 is 23.9 Å². The number of aliphatic carboxylic acids is 2. The van der Waals surface area contributed by atoms with E-state index in [1.165, 1.54) is 0 Å². The van der Waals surface area contributed by atoms with E-state index in [0.717, 1.165) is 13.8 Å². The van der Waals surface area contributed by atoms with Crippen LogP contribution in [0.2, 0.25) is 0 Å². The molecular formula is C14H22O12. The normalized spacial score (nSPS) is 14.2. The number of hydrogen-bond donors (Lipinski definition) is 6. The highest BCUT2D eigenvalue weighted by atomic mass is 16.6. The third-order valence-corrected chi connectivity index (χ3v) is 3.61. The van der Waals surface area contributed by atoms with Crippen molar-refractivity contribution >= 4 is 23.9 Å². The number of carboxylic acids is 2. The first-order chi connectivity index (χ1) is 11.9. The molecule has 12 heteroatoms. The Kier molecular flexibility index (Phi) is 8.60. The largest absolute Gasteiger partial charge is 0.478 e. The Morgan fingerprint density at radius 3 is 1.08 bits per heavy atom. The summed E-state index contributed by atoms with van der Waals surface area (Å²) in [5.74, 6) is -6.84. The second-order valence-corrected chi connectivity index (χ2v) is 6.08. The lowest BCUT2D eigenvalue weighted by atomic mass is 9.93. The Balaban J connectivity index is 5.63. The highest BCUT2D eigenvalue weighted by Crippen LogP contribution is 2.22. The third-order valence-electron chi connectivity index (χ3n) is 3.61. The molecule has 0 aliphatic rings. The molecule has 0 amide bonds. The fourth-order valence-electron chi connectivity index (χ4n) is 1.36. The van der Waals surface area contributed by atoms with Crippen molar-refractivity contribution < 1.29 is 59.3 Å². The number of rotatable bonds is 11. The van der Waals surface area contributed by atoms with Gasteiger partial charge in [0.25, 0.3) is 0 Å². The molecule has 0 aromatic heterocycles. The summed E-state index contributed by atoms with van der Waals surface area (Å²) in [6, 6.07) is 0. The van der Waals surface area contributed by atoms with Crippen LogP contribution < -0.4 is 0 Å². The maximum atomic E-state index is 11.9. The number of hydrogen-bond acceptors (Lipinski definition) is 10. The molecule has 0 aliphatic heterocycles. The molecule has 0 bridgehead atoms. The van der Waals surface area contributed by atoms with Crippen molar-refractivity contribution in [3.05, 3.63) is 0 Å². The molecule has 0 radical (unpaired) electrons. The lowest BCUT2D eigenvalue weighted by Crippen LogP contribution is -2.51. The fraction of sp³-hybridized carbons (Fsp3) is 0.714. The number of carbonyl (C=O) groups excluding carboxylic acids is 2. The van der Waals surface area contributed by atoms with Crippen LogP contribution in [0, 0.1) is 10.8 Å². The second kappa shape index (κ2) is 9.43. The van der Waals surface area contributed by atoms with Gasteiger partial charge in [-0.15, -0.1) is 0 Å². The molecule has 0 aromatic rings. The third kappa shape index (κ3) is 5.36. The zero-order chi connectivity index (χ0) is 20.7. The van der Waals surface area contributed by atoms with Gasteiger partial charge in [-0.3, -0.25) is 9.59 Å². The van der Waals surface area contributed by atoms with E-state index in [0.29, 0.717) is 0 Å². The predicted octanol–water partition coefficient (Wildman–Crippen LogP) is -3.04. The van der Waals surface area contributed by atoms with Crippen LogP contribution >= 0.6 is 0 Å². The molecule has 6 N–H and O–H groups in total. The molecule has 0 saturated carbocycles. The monoisotopic (exact) mass is 382 g/mol. The van der Waals surface area contributed by atoms with Crippen molar-refractivity contribution in [3.8, 4) is 0 Å². The Bertz CT molecular complexity index is 486. The number of esters is 2. The topological polar surface area (TPSA) is 208 Å². The summed E-state index contributed by atoms with van der Waals surface area (Å²) in [6.07, 6.45) is -5.02. The highest BCUT2D eigenvalue weighted by Gasteiger charge is 2.46. The van der Waals surface area contributed by atoms with Gasteiger partial charge < -0.3 is 40.1 Å². The average Bonchev–Trinajstić information content (AvgIpc) is 2.61. The molecule has 26 heavy (non-hydrogen) atoms. The van der Waals surface area contributed by atoms with E-state index in [9.17, 15) is 19.2 Å². The van der Waals surface area contributed by atoms with Gasteiger partial charge in [0, 0.05) is 0 Å². The molecule has 2 atom stereocenters. The minimum atomic E-state index is -2.51. The molecule has 0 rings (SSSR count). The quantitative estimate of drug-likeness (QED) is 0.197. The molecular weight excluding hydrogens is 360 g/mol. The van der Waals surface area contributed by atoms with Crippen molar-refractivity contribution in [2.45, 2.75) is 26.1 Å². The molecule has 0 saturated heterocycles. The van der Waals surface area contributed by atoms with Gasteiger partial charge in [-0.05, 0) is 13.8 Å². The van der Waals surface area contributed by atoms with Crippen molar-refractivity contribution in [1.29, 1.82) is 0 Å². The number of carbonyl (C=O) groups is 4. The molecule has 12 nitrogen and oxygen atoms in total. The summed E-state index contributed by atoms with van der Waals surface area (Å²) in [7, 11) is 0. The minimum Gasteiger partial charge on any atom is -0.478 e. The number of aliphatic hydroxyl groups is 4. The summed E-state index contributed by atoms with van der Waals surface area (Å²) in [5.41, 5.74) is -3.85. The Hall–Kier alpha value is -2.28. The first kappa shape index (κ1) is 23.7. The maximum Gasteiger partial charge on any atom is 0.349 e. The fourth-order valence-corrected chi connectivity index (χ4v) is 1.36. The summed E-state index contributed by atoms with van der Waals surface area (Å²) >= 11 is 0. The summed E-state index contributed by atoms with van der Waals surface area (Å²) in [4.78, 5) is 46.5. The number of carboxylic acid groups (broad SMARTS) is 2. The molecule has 0 heterocycles. The summed E-state index contributed by atoms with van der Waals surface area (Å²) < 4.78 is 9.04. The van der Waals surface area contributed by atoms with Crippen molar-refractivity contribution in [3.63, 3.8) is 0 Å². The van der Waals surface area contributed by atoms with E-state index >= 15 is 0 Å². The van der Waals surface area contributed by atoms with E-state index in [-0.39, 0.29) is 0 Å². The lowest BCUT2D eigenvalue weighted by molar-refractivity contribution is -0.197. The van der Waals surface area contributed by atoms with Crippen LogP contribution in [-0.4, -0.2) is 93.2 Å². The predicted molar refractivity (Wildman–Crippen MR) is 79.6 cm³/mol. The van der Waals surface area contributed by atoms with Crippen molar-refractivity contribution in [1.82, 2.24) is 0 Å². The molecule has 0 fully saturated rings. The van der Waals surface area contributed by atoms with E-state index in [1.54, 1.807) is 0 Å². The zero-order valence-electron chi connectivity index (χ0n) is 14.1. The van der Waals surface area contributed by atoms with Crippen LogP contribution in [0.4, 0.5) is 0 Å². The Labute approximate surface area is 147 Å². The molecule has 150 valence electrons. The smallest absolute Gasteiger partial charge is 0.349 e. The summed E-state index contributed by atoms with van der Waals surface area (Å²) in [6.45, 7) is -1.66. The van der Waals surface area contributed by atoms with Crippen LogP contribution in [0.5, 0.6) is 0 Å². The zero-order valence-corrected chi connectivity index (χ0v) is 14.1. The number of aliphatic hydroxyl groups excluding tert-OH is 4. The lowest BCUT2D eigenvalue weighted by Gasteiger charge is -2.29. The van der Waals surface area contributed by atoms with Gasteiger partial charge in [-0.25, -0.2) is 9.59 Å². The van der Waals surface area contributed by atoms with Crippen molar-refractivity contribution in [2.24, 2.45) is 10.8 Å². The van der Waals surface area contributed by atoms with Gasteiger partial charge in [-0.2, -0.15) is 0 Å². The highest BCUT2D eigenvalue weighted by molar-refractivity contribution is 5.89. The van der Waals surface area contributed by atoms with Gasteiger partial charge in [-0.1, -0.05) is 0 Å². The first-order valence-corrected chi connectivity index (χ1v) is 7.23. The van der Waals surface area contributed by atoms with Crippen LogP contribution in [0.1, 0.15) is 13.8 Å². The van der Waals surface area contributed by atoms with Gasteiger partial charge in [0.05, 0.1) is 26.4 Å².